The van der Waals surface area contributed by atoms with Crippen molar-refractivity contribution in [2.45, 2.75) is 0 Å². The minimum absolute atomic E-state index is 0.278. The predicted octanol–water partition coefficient (Wildman–Crippen LogP) is 4.66. The van der Waals surface area contributed by atoms with Gasteiger partial charge in [0.05, 0.1) is 33.6 Å². The third kappa shape index (κ3) is 4.43. The van der Waals surface area contributed by atoms with Crippen molar-refractivity contribution in [3.8, 4) is 5.75 Å². The number of nitrogens with one attached hydrogen (secondary N) is 1. The van der Waals surface area contributed by atoms with Crippen molar-refractivity contribution in [3.63, 3.8) is 0 Å². The van der Waals surface area contributed by atoms with Crippen LogP contribution in [0.5, 0.6) is 5.75 Å². The van der Waals surface area contributed by atoms with E-state index in [-0.39, 0.29) is 16.0 Å². The molecule has 1 aliphatic rings. The molecule has 2 aromatic rings. The maximum atomic E-state index is 12.8. The van der Waals surface area contributed by atoms with Gasteiger partial charge in [-0.2, -0.15) is 0 Å². The van der Waals surface area contributed by atoms with Crippen LogP contribution in [0.25, 0.3) is 0 Å². The van der Waals surface area contributed by atoms with E-state index in [4.69, 9.17) is 39.5 Å². The number of anilines is 2. The fourth-order valence-electron chi connectivity index (χ4n) is 3.05. The maximum absolute atomic E-state index is 12.8. The quantitative estimate of drug-likeness (QED) is 0.769. The third-order valence-electron chi connectivity index (χ3n) is 4.52. The predicted molar refractivity (Wildman–Crippen MR) is 112 cm³/mol. The first-order valence-electron chi connectivity index (χ1n) is 8.47. The SMILES string of the molecule is COc1c(Cl)cc(C(=O)Nc2cccc(Cl)c2N2CCN(C)CC2)cc1Cl. The Morgan fingerprint density at radius 2 is 1.67 bits per heavy atom. The molecule has 144 valence electrons. The number of rotatable bonds is 4. The van der Waals surface area contributed by atoms with Gasteiger partial charge in [0.1, 0.15) is 0 Å². The van der Waals surface area contributed by atoms with Crippen molar-refractivity contribution in [2.24, 2.45) is 0 Å². The van der Waals surface area contributed by atoms with E-state index in [2.05, 4.69) is 22.2 Å². The molecule has 0 atom stereocenters. The molecular weight excluding hydrogens is 409 g/mol. The lowest BCUT2D eigenvalue weighted by Gasteiger charge is -2.35. The second-order valence-electron chi connectivity index (χ2n) is 6.35. The van der Waals surface area contributed by atoms with Gasteiger partial charge in [0, 0.05) is 31.7 Å². The molecule has 0 saturated carbocycles. The summed E-state index contributed by atoms with van der Waals surface area (Å²) in [5.74, 6) is 0.0230. The van der Waals surface area contributed by atoms with Crippen LogP contribution in [0.15, 0.2) is 30.3 Å². The zero-order valence-corrected chi connectivity index (χ0v) is 17.3. The summed E-state index contributed by atoms with van der Waals surface area (Å²) in [7, 11) is 3.56. The number of methoxy groups -OCH3 is 1. The van der Waals surface area contributed by atoms with Crippen molar-refractivity contribution in [3.05, 3.63) is 51.0 Å². The van der Waals surface area contributed by atoms with Crippen LogP contribution in [-0.2, 0) is 0 Å². The molecule has 2 aromatic carbocycles. The van der Waals surface area contributed by atoms with Crippen molar-refractivity contribution >= 4 is 52.1 Å². The number of benzene rings is 2. The molecular formula is C19H20Cl3N3O2. The van der Waals surface area contributed by atoms with Gasteiger partial charge in [-0.1, -0.05) is 40.9 Å². The first kappa shape index (κ1) is 20.1. The minimum atomic E-state index is -0.320. The number of likely N-dealkylation sites (N-methyl/N-ethyl adjacent to an activating group) is 1. The van der Waals surface area contributed by atoms with Gasteiger partial charge in [0.15, 0.2) is 5.75 Å². The Kier molecular flexibility index (Phi) is 6.37. The van der Waals surface area contributed by atoms with Crippen molar-refractivity contribution in [1.29, 1.82) is 0 Å². The molecule has 1 fully saturated rings. The summed E-state index contributed by atoms with van der Waals surface area (Å²) in [6.45, 7) is 3.54. The highest BCUT2D eigenvalue weighted by Crippen LogP contribution is 2.36. The maximum Gasteiger partial charge on any atom is 0.255 e. The minimum Gasteiger partial charge on any atom is -0.494 e. The second-order valence-corrected chi connectivity index (χ2v) is 7.58. The molecule has 0 aromatic heterocycles. The highest BCUT2D eigenvalue weighted by Gasteiger charge is 2.21. The van der Waals surface area contributed by atoms with Crippen molar-refractivity contribution < 1.29 is 9.53 Å². The number of carbonyl (C=O) groups is 1. The molecule has 0 radical (unpaired) electrons. The van der Waals surface area contributed by atoms with E-state index in [0.717, 1.165) is 31.9 Å². The van der Waals surface area contributed by atoms with Gasteiger partial charge in [-0.15, -0.1) is 0 Å². The van der Waals surface area contributed by atoms with E-state index in [0.29, 0.717) is 22.0 Å². The molecule has 0 spiro atoms. The molecule has 3 rings (SSSR count). The number of amides is 1. The molecule has 27 heavy (non-hydrogen) atoms. The van der Waals surface area contributed by atoms with E-state index < -0.39 is 0 Å². The van der Waals surface area contributed by atoms with E-state index in [1.165, 1.54) is 19.2 Å². The molecule has 1 amide bonds. The highest BCUT2D eigenvalue weighted by molar-refractivity contribution is 6.38. The van der Waals surface area contributed by atoms with E-state index in [9.17, 15) is 4.79 Å². The number of nitrogens with zero attached hydrogens (tertiary/aromatic N) is 2. The first-order valence-corrected chi connectivity index (χ1v) is 9.60. The van der Waals surface area contributed by atoms with Gasteiger partial charge in [-0.3, -0.25) is 4.79 Å². The standard InChI is InChI=1S/C19H20Cl3N3O2/c1-24-6-8-25(9-7-24)17-13(20)4-3-5-16(17)23-19(26)12-10-14(21)18(27-2)15(22)11-12/h3-5,10-11H,6-9H2,1-2H3,(H,23,26). The molecule has 1 aliphatic heterocycles. The smallest absolute Gasteiger partial charge is 0.255 e. The Morgan fingerprint density at radius 3 is 2.26 bits per heavy atom. The average Bonchev–Trinajstić information content (AvgIpc) is 2.63. The first-order chi connectivity index (χ1) is 12.9. The fraction of sp³-hybridized carbons (Fsp3) is 0.316. The number of para-hydroxylation sites is 1. The summed E-state index contributed by atoms with van der Waals surface area (Å²) in [5.41, 5.74) is 1.82. The van der Waals surface area contributed by atoms with Gasteiger partial charge >= 0.3 is 0 Å². The zero-order valence-electron chi connectivity index (χ0n) is 15.1. The lowest BCUT2D eigenvalue weighted by molar-refractivity contribution is 0.102. The molecule has 0 bridgehead atoms. The summed E-state index contributed by atoms with van der Waals surface area (Å²) < 4.78 is 5.13. The van der Waals surface area contributed by atoms with E-state index in [1.54, 1.807) is 0 Å². The van der Waals surface area contributed by atoms with Crippen LogP contribution >= 0.6 is 34.8 Å². The van der Waals surface area contributed by atoms with Crippen LogP contribution in [0, 0.1) is 0 Å². The summed E-state index contributed by atoms with van der Waals surface area (Å²) in [5, 5.41) is 4.09. The Morgan fingerprint density at radius 1 is 1.04 bits per heavy atom. The summed E-state index contributed by atoms with van der Waals surface area (Å²) >= 11 is 18.8. The number of hydrogen-bond donors (Lipinski definition) is 1. The van der Waals surface area contributed by atoms with Gasteiger partial charge < -0.3 is 19.9 Å². The summed E-state index contributed by atoms with van der Waals surface area (Å²) in [6.07, 6.45) is 0. The Labute approximate surface area is 173 Å². The van der Waals surface area contributed by atoms with Crippen LogP contribution in [-0.4, -0.2) is 51.1 Å². The van der Waals surface area contributed by atoms with Crippen LogP contribution < -0.4 is 15.0 Å². The molecule has 1 N–H and O–H groups in total. The molecule has 8 heteroatoms. The average molecular weight is 429 g/mol. The number of carbonyl (C=O) groups excluding carboxylic acids is 1. The van der Waals surface area contributed by atoms with E-state index in [1.807, 2.05) is 18.2 Å². The molecule has 0 aliphatic carbocycles. The van der Waals surface area contributed by atoms with Crippen LogP contribution in [0.3, 0.4) is 0 Å². The van der Waals surface area contributed by atoms with Crippen molar-refractivity contribution in [2.75, 3.05) is 50.6 Å². The lowest BCUT2D eigenvalue weighted by atomic mass is 10.1. The lowest BCUT2D eigenvalue weighted by Crippen LogP contribution is -2.44. The number of halogens is 3. The summed E-state index contributed by atoms with van der Waals surface area (Å²) in [6, 6.07) is 8.53. The molecule has 1 saturated heterocycles. The zero-order chi connectivity index (χ0) is 19.6. The fourth-order valence-corrected chi connectivity index (χ4v) is 3.98. The normalized spacial score (nSPS) is 14.9. The van der Waals surface area contributed by atoms with Crippen molar-refractivity contribution in [1.82, 2.24) is 4.90 Å². The van der Waals surface area contributed by atoms with Gasteiger partial charge in [-0.05, 0) is 31.3 Å². The number of ether oxygens (including phenoxy) is 1. The third-order valence-corrected chi connectivity index (χ3v) is 5.39. The summed E-state index contributed by atoms with van der Waals surface area (Å²) in [4.78, 5) is 17.2. The monoisotopic (exact) mass is 427 g/mol. The molecule has 1 heterocycles. The van der Waals surface area contributed by atoms with Crippen LogP contribution in [0.4, 0.5) is 11.4 Å². The second kappa shape index (κ2) is 8.57. The Bertz CT molecular complexity index is 829. The topological polar surface area (TPSA) is 44.8 Å². The number of hydrogen-bond acceptors (Lipinski definition) is 4. The van der Waals surface area contributed by atoms with Crippen LogP contribution in [0.1, 0.15) is 10.4 Å². The Balaban J connectivity index is 1.88. The Hall–Kier alpha value is -1.66. The van der Waals surface area contributed by atoms with Gasteiger partial charge in [0.2, 0.25) is 0 Å². The van der Waals surface area contributed by atoms with E-state index >= 15 is 0 Å². The molecule has 0 unspecified atom stereocenters. The van der Waals surface area contributed by atoms with Gasteiger partial charge in [0.25, 0.3) is 5.91 Å². The number of piperazine rings is 1. The van der Waals surface area contributed by atoms with Crippen LogP contribution in [0.2, 0.25) is 15.1 Å². The largest absolute Gasteiger partial charge is 0.494 e. The van der Waals surface area contributed by atoms with Gasteiger partial charge in [-0.25, -0.2) is 0 Å². The molecule has 5 nitrogen and oxygen atoms in total. The highest BCUT2D eigenvalue weighted by atomic mass is 35.5.